The molecule has 1 amide bonds. The Hall–Kier alpha value is -3.74. The van der Waals surface area contributed by atoms with Gasteiger partial charge >= 0.3 is 0 Å². The third kappa shape index (κ3) is 3.31. The number of aromatic nitrogens is 1. The molecule has 5 rings (SSSR count). The van der Waals surface area contributed by atoms with Gasteiger partial charge in [0.15, 0.2) is 17.3 Å². The largest absolute Gasteiger partial charge is 0.482 e. The van der Waals surface area contributed by atoms with E-state index < -0.39 is 12.2 Å². The Bertz CT molecular complexity index is 1150. The van der Waals surface area contributed by atoms with E-state index in [1.165, 1.54) is 0 Å². The number of para-hydroxylation sites is 3. The van der Waals surface area contributed by atoms with E-state index in [4.69, 9.17) is 18.4 Å². The van der Waals surface area contributed by atoms with Gasteiger partial charge in [0.2, 0.25) is 11.9 Å². The maximum Gasteiger partial charge on any atom is 0.265 e. The molecular formula is C22H18N2O5. The Morgan fingerprint density at radius 3 is 2.59 bits per heavy atom. The average Bonchev–Trinajstić information content (AvgIpc) is 3.38. The molecule has 0 radical (unpaired) electrons. The Morgan fingerprint density at radius 2 is 1.76 bits per heavy atom. The molecule has 0 bridgehead atoms. The number of amides is 1. The maximum absolute atomic E-state index is 12.6. The van der Waals surface area contributed by atoms with Crippen molar-refractivity contribution in [2.45, 2.75) is 25.7 Å². The summed E-state index contributed by atoms with van der Waals surface area (Å²) in [6.07, 6.45) is -1.15. The number of benzene rings is 2. The van der Waals surface area contributed by atoms with Crippen LogP contribution in [0.15, 0.2) is 69.6 Å². The molecule has 146 valence electrons. The van der Waals surface area contributed by atoms with Gasteiger partial charge < -0.3 is 23.7 Å². The van der Waals surface area contributed by atoms with Gasteiger partial charge in [0.05, 0.1) is 6.54 Å². The fraction of sp³-hybridized carbons (Fsp3) is 0.182. The number of ether oxygens (including phenoxy) is 2. The summed E-state index contributed by atoms with van der Waals surface area (Å²) in [6, 6.07) is 18.6. The molecule has 2 aromatic carbocycles. The van der Waals surface area contributed by atoms with E-state index >= 15 is 0 Å². The smallest absolute Gasteiger partial charge is 0.265 e. The SMILES string of the molecule is CC1Oc2ccccc2OC1C(=O)NCc1cc(-c2cc3ccccc3o2)on1. The second-order valence-electron chi connectivity index (χ2n) is 6.86. The number of rotatable bonds is 4. The van der Waals surface area contributed by atoms with E-state index in [-0.39, 0.29) is 12.5 Å². The normalized spacial score (nSPS) is 18.0. The van der Waals surface area contributed by atoms with E-state index in [1.807, 2.05) is 48.5 Å². The van der Waals surface area contributed by atoms with Gasteiger partial charge in [-0.25, -0.2) is 0 Å². The Balaban J connectivity index is 1.25. The second-order valence-corrected chi connectivity index (χ2v) is 6.86. The molecule has 0 spiro atoms. The van der Waals surface area contributed by atoms with Crippen LogP contribution in [0, 0.1) is 0 Å². The van der Waals surface area contributed by atoms with Crippen LogP contribution < -0.4 is 14.8 Å². The van der Waals surface area contributed by atoms with E-state index in [0.717, 1.165) is 11.0 Å². The van der Waals surface area contributed by atoms with Crippen LogP contribution in [0.4, 0.5) is 0 Å². The van der Waals surface area contributed by atoms with Crippen molar-refractivity contribution in [2.75, 3.05) is 0 Å². The van der Waals surface area contributed by atoms with Gasteiger partial charge in [-0.1, -0.05) is 35.5 Å². The minimum absolute atomic E-state index is 0.205. The highest BCUT2D eigenvalue weighted by Crippen LogP contribution is 2.33. The minimum atomic E-state index is -0.744. The van der Waals surface area contributed by atoms with Crippen molar-refractivity contribution in [3.63, 3.8) is 0 Å². The first kappa shape index (κ1) is 17.4. The van der Waals surface area contributed by atoms with Crippen molar-refractivity contribution < 1.29 is 23.2 Å². The van der Waals surface area contributed by atoms with Crippen molar-refractivity contribution in [1.29, 1.82) is 0 Å². The molecule has 0 saturated carbocycles. The van der Waals surface area contributed by atoms with Crippen molar-refractivity contribution in [3.8, 4) is 23.0 Å². The quantitative estimate of drug-likeness (QED) is 0.568. The van der Waals surface area contributed by atoms with Crippen molar-refractivity contribution in [3.05, 3.63) is 66.4 Å². The van der Waals surface area contributed by atoms with Gasteiger partial charge in [0, 0.05) is 11.5 Å². The van der Waals surface area contributed by atoms with Crippen LogP contribution >= 0.6 is 0 Å². The van der Waals surface area contributed by atoms with Gasteiger partial charge in [-0.3, -0.25) is 4.79 Å². The molecule has 7 heteroatoms. The van der Waals surface area contributed by atoms with Gasteiger partial charge in [0.25, 0.3) is 5.91 Å². The van der Waals surface area contributed by atoms with Crippen LogP contribution in [-0.4, -0.2) is 23.3 Å². The molecule has 0 fully saturated rings. The number of carbonyl (C=O) groups excluding carboxylic acids is 1. The maximum atomic E-state index is 12.6. The van der Waals surface area contributed by atoms with Crippen LogP contribution in [0.5, 0.6) is 11.5 Å². The molecule has 2 aromatic heterocycles. The van der Waals surface area contributed by atoms with E-state index in [0.29, 0.717) is 28.7 Å². The zero-order valence-corrected chi connectivity index (χ0v) is 15.6. The highest BCUT2D eigenvalue weighted by molar-refractivity contribution is 5.83. The Kier molecular flexibility index (Phi) is 4.20. The number of fused-ring (bicyclic) bond motifs is 2. The van der Waals surface area contributed by atoms with Gasteiger partial charge in [-0.2, -0.15) is 0 Å². The summed E-state index contributed by atoms with van der Waals surface area (Å²) in [6.45, 7) is 2.01. The molecule has 1 N–H and O–H groups in total. The zero-order valence-electron chi connectivity index (χ0n) is 15.6. The zero-order chi connectivity index (χ0) is 19.8. The summed E-state index contributed by atoms with van der Waals surface area (Å²) in [5, 5.41) is 7.82. The molecule has 3 heterocycles. The van der Waals surface area contributed by atoms with Crippen molar-refractivity contribution in [1.82, 2.24) is 10.5 Å². The molecule has 0 saturated heterocycles. The Labute approximate surface area is 166 Å². The number of hydrogen-bond donors (Lipinski definition) is 1. The number of hydrogen-bond acceptors (Lipinski definition) is 6. The molecule has 2 atom stereocenters. The molecule has 1 aliphatic rings. The summed E-state index contributed by atoms with van der Waals surface area (Å²) in [7, 11) is 0. The first-order chi connectivity index (χ1) is 14.2. The predicted molar refractivity (Wildman–Crippen MR) is 105 cm³/mol. The summed E-state index contributed by atoms with van der Waals surface area (Å²) >= 11 is 0. The summed E-state index contributed by atoms with van der Waals surface area (Å²) in [4.78, 5) is 12.6. The number of furan rings is 1. The highest BCUT2D eigenvalue weighted by Gasteiger charge is 2.34. The molecule has 0 aliphatic carbocycles. The van der Waals surface area contributed by atoms with Crippen LogP contribution in [0.3, 0.4) is 0 Å². The predicted octanol–water partition coefficient (Wildman–Crippen LogP) is 3.93. The van der Waals surface area contributed by atoms with Crippen molar-refractivity contribution >= 4 is 16.9 Å². The van der Waals surface area contributed by atoms with E-state index in [1.54, 1.807) is 19.1 Å². The fourth-order valence-corrected chi connectivity index (χ4v) is 3.30. The van der Waals surface area contributed by atoms with Gasteiger partial charge in [-0.05, 0) is 31.2 Å². The average molecular weight is 390 g/mol. The second kappa shape index (κ2) is 7.01. The van der Waals surface area contributed by atoms with Crippen LogP contribution in [0.25, 0.3) is 22.5 Å². The number of nitrogens with one attached hydrogen (secondary N) is 1. The third-order valence-electron chi connectivity index (χ3n) is 4.77. The lowest BCUT2D eigenvalue weighted by molar-refractivity contribution is -0.133. The third-order valence-corrected chi connectivity index (χ3v) is 4.77. The van der Waals surface area contributed by atoms with E-state index in [2.05, 4.69) is 10.5 Å². The highest BCUT2D eigenvalue weighted by atomic mass is 16.6. The first-order valence-corrected chi connectivity index (χ1v) is 9.32. The van der Waals surface area contributed by atoms with Gasteiger partial charge in [0.1, 0.15) is 17.4 Å². The van der Waals surface area contributed by atoms with Crippen LogP contribution in [-0.2, 0) is 11.3 Å². The molecular weight excluding hydrogens is 372 g/mol. The Morgan fingerprint density at radius 1 is 1.00 bits per heavy atom. The van der Waals surface area contributed by atoms with Crippen LogP contribution in [0.1, 0.15) is 12.6 Å². The molecule has 29 heavy (non-hydrogen) atoms. The summed E-state index contributed by atoms with van der Waals surface area (Å²) < 4.78 is 22.7. The number of nitrogens with zero attached hydrogens (tertiary/aromatic N) is 1. The minimum Gasteiger partial charge on any atom is -0.482 e. The first-order valence-electron chi connectivity index (χ1n) is 9.32. The standard InChI is InChI=1S/C22H18N2O5/c1-13-21(28-18-9-5-4-8-17(18)26-13)22(25)23-12-15-11-20(29-24-15)19-10-14-6-2-3-7-16(14)27-19/h2-11,13,21H,12H2,1H3,(H,23,25). The monoisotopic (exact) mass is 390 g/mol. The molecule has 7 nitrogen and oxygen atoms in total. The topological polar surface area (TPSA) is 86.7 Å². The van der Waals surface area contributed by atoms with Crippen LogP contribution in [0.2, 0.25) is 0 Å². The van der Waals surface area contributed by atoms with Crippen molar-refractivity contribution in [2.24, 2.45) is 0 Å². The fourth-order valence-electron chi connectivity index (χ4n) is 3.30. The summed E-state index contributed by atoms with van der Waals surface area (Å²) in [5.74, 6) is 2.01. The lowest BCUT2D eigenvalue weighted by Gasteiger charge is -2.30. The number of carbonyl (C=O) groups is 1. The molecule has 1 aliphatic heterocycles. The van der Waals surface area contributed by atoms with E-state index in [9.17, 15) is 4.79 Å². The molecule has 4 aromatic rings. The molecule has 2 unspecified atom stereocenters. The van der Waals surface area contributed by atoms with Gasteiger partial charge in [-0.15, -0.1) is 0 Å². The summed E-state index contributed by atoms with van der Waals surface area (Å²) in [5.41, 5.74) is 1.36. The lowest BCUT2D eigenvalue weighted by atomic mass is 10.1. The lowest BCUT2D eigenvalue weighted by Crippen LogP contribution is -2.48.